The van der Waals surface area contributed by atoms with E-state index in [0.717, 1.165) is 11.4 Å². The van der Waals surface area contributed by atoms with Gasteiger partial charge in [0.15, 0.2) is 5.82 Å². The molecule has 0 saturated carbocycles. The summed E-state index contributed by atoms with van der Waals surface area (Å²) in [6, 6.07) is 8.31. The van der Waals surface area contributed by atoms with E-state index in [1.807, 2.05) is 19.1 Å². The first-order valence-electron chi connectivity index (χ1n) is 6.50. The van der Waals surface area contributed by atoms with Gasteiger partial charge in [0.25, 0.3) is 0 Å². The van der Waals surface area contributed by atoms with Crippen LogP contribution in [0.2, 0.25) is 5.02 Å². The SMILES string of the molecule is Cc1cc(NC(=O)N[C@@H](C)CO)nn1-c1cccc(Cl)c1. The summed E-state index contributed by atoms with van der Waals surface area (Å²) in [5.41, 5.74) is 1.68. The number of hydrogen-bond acceptors (Lipinski definition) is 3. The number of nitrogens with zero attached hydrogens (tertiary/aromatic N) is 2. The van der Waals surface area contributed by atoms with Crippen molar-refractivity contribution in [3.05, 3.63) is 41.0 Å². The number of urea groups is 1. The second-order valence-electron chi connectivity index (χ2n) is 4.74. The van der Waals surface area contributed by atoms with Crippen LogP contribution in [-0.4, -0.2) is 33.6 Å². The fraction of sp³-hybridized carbons (Fsp3) is 0.286. The smallest absolute Gasteiger partial charge is 0.320 e. The van der Waals surface area contributed by atoms with Gasteiger partial charge in [0.2, 0.25) is 0 Å². The molecule has 6 nitrogen and oxygen atoms in total. The van der Waals surface area contributed by atoms with E-state index in [1.165, 1.54) is 0 Å². The van der Waals surface area contributed by atoms with Crippen LogP contribution in [-0.2, 0) is 0 Å². The number of aryl methyl sites for hydroxylation is 1. The van der Waals surface area contributed by atoms with Crippen molar-refractivity contribution in [3.63, 3.8) is 0 Å². The number of rotatable bonds is 4. The molecule has 3 N–H and O–H groups in total. The molecule has 112 valence electrons. The lowest BCUT2D eigenvalue weighted by Crippen LogP contribution is -2.38. The van der Waals surface area contributed by atoms with Gasteiger partial charge >= 0.3 is 6.03 Å². The Kier molecular flexibility index (Phi) is 4.82. The van der Waals surface area contributed by atoms with Crippen molar-refractivity contribution in [2.45, 2.75) is 19.9 Å². The quantitative estimate of drug-likeness (QED) is 0.811. The molecule has 0 bridgehead atoms. The summed E-state index contributed by atoms with van der Waals surface area (Å²) in [6.07, 6.45) is 0. The summed E-state index contributed by atoms with van der Waals surface area (Å²) >= 11 is 5.97. The highest BCUT2D eigenvalue weighted by Crippen LogP contribution is 2.18. The number of aliphatic hydroxyl groups is 1. The lowest BCUT2D eigenvalue weighted by molar-refractivity contribution is 0.229. The number of halogens is 1. The minimum absolute atomic E-state index is 0.122. The third-order valence-corrected chi connectivity index (χ3v) is 3.07. The first-order chi connectivity index (χ1) is 9.99. The van der Waals surface area contributed by atoms with E-state index < -0.39 is 6.03 Å². The fourth-order valence-corrected chi connectivity index (χ4v) is 2.01. The zero-order valence-corrected chi connectivity index (χ0v) is 12.6. The van der Waals surface area contributed by atoms with E-state index in [1.54, 1.807) is 29.8 Å². The number of hydrogen-bond donors (Lipinski definition) is 3. The number of anilines is 1. The highest BCUT2D eigenvalue weighted by molar-refractivity contribution is 6.30. The summed E-state index contributed by atoms with van der Waals surface area (Å²) in [5.74, 6) is 0.426. The Morgan fingerprint density at radius 3 is 2.90 bits per heavy atom. The van der Waals surface area contributed by atoms with Crippen molar-refractivity contribution in [2.24, 2.45) is 0 Å². The van der Waals surface area contributed by atoms with Crippen LogP contribution in [0.3, 0.4) is 0 Å². The number of benzene rings is 1. The minimum atomic E-state index is -0.410. The molecular weight excluding hydrogens is 292 g/mol. The van der Waals surface area contributed by atoms with Crippen molar-refractivity contribution in [1.29, 1.82) is 0 Å². The van der Waals surface area contributed by atoms with Crippen LogP contribution in [0.1, 0.15) is 12.6 Å². The van der Waals surface area contributed by atoms with Crippen LogP contribution in [0, 0.1) is 6.92 Å². The lowest BCUT2D eigenvalue weighted by Gasteiger charge is -2.10. The molecule has 0 radical (unpaired) electrons. The number of aromatic nitrogens is 2. The van der Waals surface area contributed by atoms with Gasteiger partial charge in [-0.2, -0.15) is 0 Å². The predicted octanol–water partition coefficient (Wildman–Crippen LogP) is 2.34. The molecule has 1 heterocycles. The molecule has 0 aliphatic rings. The first-order valence-corrected chi connectivity index (χ1v) is 6.88. The molecule has 2 amide bonds. The van der Waals surface area contributed by atoms with Crippen LogP contribution in [0.4, 0.5) is 10.6 Å². The van der Waals surface area contributed by atoms with Crippen molar-refractivity contribution >= 4 is 23.4 Å². The molecule has 1 aromatic carbocycles. The Morgan fingerprint density at radius 2 is 2.24 bits per heavy atom. The fourth-order valence-electron chi connectivity index (χ4n) is 1.83. The Hall–Kier alpha value is -2.05. The molecule has 0 fully saturated rings. The van der Waals surface area contributed by atoms with E-state index in [0.29, 0.717) is 10.8 Å². The molecule has 0 unspecified atom stereocenters. The van der Waals surface area contributed by atoms with Crippen molar-refractivity contribution < 1.29 is 9.90 Å². The normalized spacial score (nSPS) is 12.0. The van der Waals surface area contributed by atoms with Crippen molar-refractivity contribution in [1.82, 2.24) is 15.1 Å². The van der Waals surface area contributed by atoms with Gasteiger partial charge in [0.05, 0.1) is 18.3 Å². The van der Waals surface area contributed by atoms with E-state index >= 15 is 0 Å². The van der Waals surface area contributed by atoms with Gasteiger partial charge in [-0.3, -0.25) is 5.32 Å². The maximum Gasteiger partial charge on any atom is 0.320 e. The van der Waals surface area contributed by atoms with Crippen molar-refractivity contribution in [2.75, 3.05) is 11.9 Å². The summed E-state index contributed by atoms with van der Waals surface area (Å²) in [4.78, 5) is 11.7. The van der Waals surface area contributed by atoms with Crippen molar-refractivity contribution in [3.8, 4) is 5.69 Å². The zero-order valence-electron chi connectivity index (χ0n) is 11.8. The average Bonchev–Trinajstić information content (AvgIpc) is 2.79. The van der Waals surface area contributed by atoms with Gasteiger partial charge in [-0.05, 0) is 32.0 Å². The Labute approximate surface area is 127 Å². The van der Waals surface area contributed by atoms with Gasteiger partial charge in [0.1, 0.15) is 0 Å². The highest BCUT2D eigenvalue weighted by atomic mass is 35.5. The standard InChI is InChI=1S/C14H17ClN4O2/c1-9(8-20)16-14(21)17-13-6-10(2)19(18-13)12-5-3-4-11(15)7-12/h3-7,9,20H,8H2,1-2H3,(H2,16,17,18,21)/t9-/m0/s1. The molecule has 1 aromatic heterocycles. The van der Waals surface area contributed by atoms with E-state index in [9.17, 15) is 4.79 Å². The topological polar surface area (TPSA) is 79.2 Å². The Bertz CT molecular complexity index is 642. The van der Waals surface area contributed by atoms with Gasteiger partial charge in [-0.25, -0.2) is 9.48 Å². The number of aliphatic hydroxyl groups excluding tert-OH is 1. The summed E-state index contributed by atoms with van der Waals surface area (Å²) in [6.45, 7) is 3.46. The van der Waals surface area contributed by atoms with Crippen LogP contribution >= 0.6 is 11.6 Å². The molecule has 2 rings (SSSR count). The van der Waals surface area contributed by atoms with Crippen LogP contribution in [0.15, 0.2) is 30.3 Å². The largest absolute Gasteiger partial charge is 0.394 e. The molecule has 1 atom stereocenters. The van der Waals surface area contributed by atoms with Gasteiger partial charge in [0, 0.05) is 16.8 Å². The summed E-state index contributed by atoms with van der Waals surface area (Å²) in [5, 5.41) is 19.0. The summed E-state index contributed by atoms with van der Waals surface area (Å²) in [7, 11) is 0. The monoisotopic (exact) mass is 308 g/mol. The second kappa shape index (κ2) is 6.60. The molecule has 0 aliphatic heterocycles. The molecule has 0 saturated heterocycles. The third-order valence-electron chi connectivity index (χ3n) is 2.83. The van der Waals surface area contributed by atoms with E-state index in [2.05, 4.69) is 15.7 Å². The Balaban J connectivity index is 2.14. The average molecular weight is 309 g/mol. The Morgan fingerprint density at radius 1 is 1.48 bits per heavy atom. The van der Waals surface area contributed by atoms with Gasteiger partial charge in [-0.1, -0.05) is 17.7 Å². The van der Waals surface area contributed by atoms with Crippen LogP contribution in [0.5, 0.6) is 0 Å². The third kappa shape index (κ3) is 3.96. The number of carbonyl (C=O) groups is 1. The molecule has 0 spiro atoms. The number of nitrogens with one attached hydrogen (secondary N) is 2. The molecular formula is C14H17ClN4O2. The van der Waals surface area contributed by atoms with Gasteiger partial charge < -0.3 is 10.4 Å². The number of amides is 2. The zero-order chi connectivity index (χ0) is 15.4. The van der Waals surface area contributed by atoms with Gasteiger partial charge in [-0.15, -0.1) is 5.10 Å². The highest BCUT2D eigenvalue weighted by Gasteiger charge is 2.11. The predicted molar refractivity (Wildman–Crippen MR) is 82.0 cm³/mol. The molecule has 0 aliphatic carbocycles. The molecule has 2 aromatic rings. The van der Waals surface area contributed by atoms with Crippen LogP contribution in [0.25, 0.3) is 5.69 Å². The van der Waals surface area contributed by atoms with E-state index in [4.69, 9.17) is 16.7 Å². The maximum absolute atomic E-state index is 11.7. The maximum atomic E-state index is 11.7. The molecule has 21 heavy (non-hydrogen) atoms. The number of carbonyl (C=O) groups excluding carboxylic acids is 1. The summed E-state index contributed by atoms with van der Waals surface area (Å²) < 4.78 is 1.69. The van der Waals surface area contributed by atoms with Crippen LogP contribution < -0.4 is 10.6 Å². The first kappa shape index (κ1) is 15.3. The molecule has 7 heteroatoms. The second-order valence-corrected chi connectivity index (χ2v) is 5.18. The minimum Gasteiger partial charge on any atom is -0.394 e. The lowest BCUT2D eigenvalue weighted by atomic mass is 10.3. The van der Waals surface area contributed by atoms with E-state index in [-0.39, 0.29) is 12.6 Å².